The molecular weight excluding hydrogens is 575 g/mol. The number of methoxy groups -OCH3 is 2. The largest absolute Gasteiger partial charge is 0.506 e. The van der Waals surface area contributed by atoms with E-state index in [9.17, 15) is 14.7 Å². The Morgan fingerprint density at radius 3 is 1.98 bits per heavy atom. The number of phenolic OH excluding ortho intramolecular Hbond substituents is 1. The molecule has 2 aliphatic heterocycles. The Labute approximate surface area is 249 Å². The van der Waals surface area contributed by atoms with E-state index < -0.39 is 6.10 Å². The van der Waals surface area contributed by atoms with Crippen molar-refractivity contribution < 1.29 is 38.7 Å². The SMILES string of the molecule is C.COc1ccc(O)c(Cl)c1.COc1ccc(OC[C@H](O)CN)c(Cl)c1.O=C1c2ccccc2C(=O)N1C[C@@H]1CO1. The molecule has 2 heterocycles. The van der Waals surface area contributed by atoms with E-state index in [1.165, 1.54) is 11.0 Å². The molecule has 0 aromatic heterocycles. The summed E-state index contributed by atoms with van der Waals surface area (Å²) in [5, 5.41) is 18.9. The van der Waals surface area contributed by atoms with Gasteiger partial charge in [-0.1, -0.05) is 42.8 Å². The number of carbonyl (C=O) groups is 2. The van der Waals surface area contributed by atoms with Crippen molar-refractivity contribution >= 4 is 35.0 Å². The summed E-state index contributed by atoms with van der Waals surface area (Å²) in [7, 11) is 3.10. The molecule has 4 N–H and O–H groups in total. The number of imide groups is 1. The van der Waals surface area contributed by atoms with E-state index in [0.717, 1.165) is 0 Å². The van der Waals surface area contributed by atoms with E-state index in [4.69, 9.17) is 53.0 Å². The summed E-state index contributed by atoms with van der Waals surface area (Å²) in [6.45, 7) is 1.32. The third-order valence-corrected chi connectivity index (χ3v) is 6.26. The Balaban J connectivity index is 0.000000217. The molecule has 12 heteroatoms. The van der Waals surface area contributed by atoms with Crippen LogP contribution in [-0.2, 0) is 4.74 Å². The van der Waals surface area contributed by atoms with Crippen molar-refractivity contribution in [2.45, 2.75) is 19.6 Å². The Bertz CT molecular complexity index is 1280. The molecule has 41 heavy (non-hydrogen) atoms. The van der Waals surface area contributed by atoms with Gasteiger partial charge in [0.2, 0.25) is 0 Å². The number of rotatable bonds is 8. The van der Waals surface area contributed by atoms with Gasteiger partial charge in [0.1, 0.15) is 35.7 Å². The molecule has 10 nitrogen and oxygen atoms in total. The average molecular weight is 610 g/mol. The lowest BCUT2D eigenvalue weighted by Crippen LogP contribution is -2.33. The van der Waals surface area contributed by atoms with Crippen LogP contribution in [0.25, 0.3) is 0 Å². The van der Waals surface area contributed by atoms with Crippen LogP contribution in [0, 0.1) is 0 Å². The van der Waals surface area contributed by atoms with E-state index in [2.05, 4.69) is 0 Å². The quantitative estimate of drug-likeness (QED) is 0.250. The number of aliphatic hydroxyl groups excluding tert-OH is 1. The highest BCUT2D eigenvalue weighted by atomic mass is 35.5. The van der Waals surface area contributed by atoms with Gasteiger partial charge >= 0.3 is 0 Å². The Hall–Kier alpha value is -3.54. The molecule has 2 amide bonds. The lowest BCUT2D eigenvalue weighted by atomic mass is 10.1. The van der Waals surface area contributed by atoms with Gasteiger partial charge in [-0.25, -0.2) is 0 Å². The molecule has 0 saturated carbocycles. The second-order valence-electron chi connectivity index (χ2n) is 8.54. The molecule has 3 aromatic carbocycles. The van der Waals surface area contributed by atoms with Crippen molar-refractivity contribution in [3.05, 3.63) is 81.8 Å². The lowest BCUT2D eigenvalue weighted by molar-refractivity contribution is 0.0642. The van der Waals surface area contributed by atoms with Gasteiger partial charge in [-0.15, -0.1) is 0 Å². The summed E-state index contributed by atoms with van der Waals surface area (Å²) < 4.78 is 20.1. The third-order valence-electron chi connectivity index (χ3n) is 5.66. The van der Waals surface area contributed by atoms with E-state index in [1.807, 2.05) is 0 Å². The van der Waals surface area contributed by atoms with Gasteiger partial charge in [-0.05, 0) is 36.4 Å². The Morgan fingerprint density at radius 1 is 0.976 bits per heavy atom. The molecule has 3 aromatic rings. The first kappa shape index (κ1) is 33.7. The minimum Gasteiger partial charge on any atom is -0.506 e. The summed E-state index contributed by atoms with van der Waals surface area (Å²) in [4.78, 5) is 24.9. The number of aromatic hydroxyl groups is 1. The van der Waals surface area contributed by atoms with Crippen LogP contribution in [0.2, 0.25) is 10.0 Å². The number of hydrogen-bond donors (Lipinski definition) is 3. The highest BCUT2D eigenvalue weighted by Crippen LogP contribution is 2.29. The molecule has 0 unspecified atom stereocenters. The minimum absolute atomic E-state index is 0. The second-order valence-corrected chi connectivity index (χ2v) is 9.35. The van der Waals surface area contributed by atoms with Gasteiger partial charge in [0, 0.05) is 18.7 Å². The summed E-state index contributed by atoms with van der Waals surface area (Å²) in [6.07, 6.45) is -0.629. The molecule has 222 valence electrons. The standard InChI is InChI=1S/C11H9NO3.C10H14ClNO3.C7H7ClO2.CH4/c13-10-8-3-1-2-4-9(8)11(14)12(10)5-7-6-15-7;1-14-8-2-3-10(9(11)4-8)15-6-7(13)5-12;1-10-5-2-3-7(9)6(8)4-5;/h1-4,7H,5-6H2;2-4,7,13H,5-6,12H2,1H3;2-4,9H,1H3;1H4/t2*7-;;/m11../s1. The van der Waals surface area contributed by atoms with Gasteiger partial charge in [0.25, 0.3) is 11.8 Å². The van der Waals surface area contributed by atoms with Crippen LogP contribution in [0.15, 0.2) is 60.7 Å². The molecule has 1 saturated heterocycles. The molecule has 1 fully saturated rings. The number of carbonyl (C=O) groups excluding carboxylic acids is 2. The van der Waals surface area contributed by atoms with Crippen LogP contribution in [0.1, 0.15) is 28.1 Å². The van der Waals surface area contributed by atoms with Gasteiger partial charge in [0.15, 0.2) is 0 Å². The molecule has 2 atom stereocenters. The highest BCUT2D eigenvalue weighted by molar-refractivity contribution is 6.32. The normalized spacial score (nSPS) is 15.3. The second kappa shape index (κ2) is 16.0. The van der Waals surface area contributed by atoms with E-state index in [1.54, 1.807) is 68.8 Å². The maximum Gasteiger partial charge on any atom is 0.261 e. The number of hydrogen-bond acceptors (Lipinski definition) is 9. The van der Waals surface area contributed by atoms with Crippen molar-refractivity contribution in [3.63, 3.8) is 0 Å². The predicted octanol–water partition coefficient (Wildman–Crippen LogP) is 4.42. The van der Waals surface area contributed by atoms with E-state index in [0.29, 0.717) is 51.6 Å². The number of halogens is 2. The lowest BCUT2D eigenvalue weighted by Gasteiger charge is -2.11. The predicted molar refractivity (Wildman–Crippen MR) is 157 cm³/mol. The number of phenols is 1. The number of aliphatic hydroxyl groups is 1. The fourth-order valence-electron chi connectivity index (χ4n) is 3.38. The van der Waals surface area contributed by atoms with Crippen molar-refractivity contribution in [3.8, 4) is 23.0 Å². The number of nitrogens with two attached hydrogens (primary N) is 1. The first-order valence-corrected chi connectivity index (χ1v) is 12.9. The van der Waals surface area contributed by atoms with Gasteiger partial charge in [-0.3, -0.25) is 14.5 Å². The van der Waals surface area contributed by atoms with Crippen LogP contribution in [0.4, 0.5) is 0 Å². The highest BCUT2D eigenvalue weighted by Gasteiger charge is 2.39. The number of nitrogens with zero attached hydrogens (tertiary/aromatic N) is 1. The first-order valence-electron chi connectivity index (χ1n) is 12.1. The summed E-state index contributed by atoms with van der Waals surface area (Å²) in [5.74, 6) is 1.47. The van der Waals surface area contributed by atoms with Crippen LogP contribution in [0.3, 0.4) is 0 Å². The van der Waals surface area contributed by atoms with Crippen molar-refractivity contribution in [2.24, 2.45) is 5.73 Å². The van der Waals surface area contributed by atoms with Crippen LogP contribution in [0.5, 0.6) is 23.0 Å². The number of epoxide rings is 1. The first-order chi connectivity index (χ1) is 19.2. The zero-order valence-electron chi connectivity index (χ0n) is 21.9. The molecule has 2 aliphatic rings. The smallest absolute Gasteiger partial charge is 0.261 e. The monoisotopic (exact) mass is 608 g/mol. The Morgan fingerprint density at radius 2 is 1.51 bits per heavy atom. The third kappa shape index (κ3) is 9.51. The zero-order chi connectivity index (χ0) is 29.2. The van der Waals surface area contributed by atoms with Crippen molar-refractivity contribution in [1.29, 1.82) is 0 Å². The number of benzene rings is 3. The maximum absolute atomic E-state index is 11.8. The van der Waals surface area contributed by atoms with Crippen LogP contribution < -0.4 is 19.9 Å². The Kier molecular flexibility index (Phi) is 13.2. The molecule has 5 rings (SSSR count). The summed E-state index contributed by atoms with van der Waals surface area (Å²) in [6, 6.07) is 16.6. The molecule has 0 aliphatic carbocycles. The number of amides is 2. The molecule has 0 spiro atoms. The summed E-state index contributed by atoms with van der Waals surface area (Å²) in [5.41, 5.74) is 6.24. The number of ether oxygens (including phenoxy) is 4. The zero-order valence-corrected chi connectivity index (χ0v) is 23.4. The van der Waals surface area contributed by atoms with Gasteiger partial charge < -0.3 is 34.9 Å². The van der Waals surface area contributed by atoms with Gasteiger partial charge in [-0.2, -0.15) is 0 Å². The van der Waals surface area contributed by atoms with Crippen LogP contribution >= 0.6 is 23.2 Å². The molecule has 0 bridgehead atoms. The van der Waals surface area contributed by atoms with E-state index in [-0.39, 0.29) is 44.2 Å². The average Bonchev–Trinajstić information content (AvgIpc) is 3.77. The number of fused-ring (bicyclic) bond motifs is 1. The molecular formula is C29H34Cl2N2O8. The maximum atomic E-state index is 11.8. The van der Waals surface area contributed by atoms with Crippen molar-refractivity contribution in [2.75, 3.05) is 40.5 Å². The van der Waals surface area contributed by atoms with Gasteiger partial charge in [0.05, 0.1) is 54.6 Å². The fourth-order valence-corrected chi connectivity index (χ4v) is 3.77. The fraction of sp³-hybridized carbons (Fsp3) is 0.310. The van der Waals surface area contributed by atoms with Crippen molar-refractivity contribution in [1.82, 2.24) is 4.90 Å². The molecule has 0 radical (unpaired) electrons. The minimum atomic E-state index is -0.678. The summed E-state index contributed by atoms with van der Waals surface area (Å²) >= 11 is 11.5. The van der Waals surface area contributed by atoms with Crippen LogP contribution in [-0.4, -0.2) is 79.7 Å². The topological polar surface area (TPSA) is 144 Å². The van der Waals surface area contributed by atoms with E-state index >= 15 is 0 Å².